The Kier molecular flexibility index (Phi) is 4.36. The molecule has 8 heteroatoms. The molecule has 1 saturated carbocycles. The van der Waals surface area contributed by atoms with E-state index in [4.69, 9.17) is 0 Å². The van der Waals surface area contributed by atoms with Gasteiger partial charge in [-0.15, -0.1) is 10.2 Å². The maximum Gasteiger partial charge on any atom is 0.238 e. The normalized spacial score (nSPS) is 22.0. The van der Waals surface area contributed by atoms with Crippen molar-refractivity contribution in [1.29, 1.82) is 0 Å². The van der Waals surface area contributed by atoms with Crippen molar-refractivity contribution in [3.63, 3.8) is 0 Å². The Hall–Kier alpha value is -1.93. The Labute approximate surface area is 135 Å². The van der Waals surface area contributed by atoms with E-state index in [0.29, 0.717) is 29.9 Å². The van der Waals surface area contributed by atoms with Crippen molar-refractivity contribution in [3.8, 4) is 11.4 Å². The highest BCUT2D eigenvalue weighted by Crippen LogP contribution is 2.30. The fourth-order valence-corrected chi connectivity index (χ4v) is 4.62. The third-order valence-electron chi connectivity index (χ3n) is 4.20. The third-order valence-corrected chi connectivity index (χ3v) is 6.05. The van der Waals surface area contributed by atoms with Crippen molar-refractivity contribution < 1.29 is 13.5 Å². The molecule has 1 aromatic heterocycles. The molecule has 0 spiro atoms. The number of aliphatic hydroxyl groups excluding tert-OH is 1. The maximum atomic E-state index is 12.7. The van der Waals surface area contributed by atoms with Crippen molar-refractivity contribution in [1.82, 2.24) is 14.8 Å². The van der Waals surface area contributed by atoms with E-state index in [1.165, 1.54) is 0 Å². The second-order valence-electron chi connectivity index (χ2n) is 5.85. The van der Waals surface area contributed by atoms with Crippen LogP contribution in [0.5, 0.6) is 0 Å². The number of hydrogen-bond donors (Lipinski definition) is 2. The molecular formula is C15H20N4O3S. The van der Waals surface area contributed by atoms with Crippen molar-refractivity contribution >= 4 is 15.7 Å². The molecule has 23 heavy (non-hydrogen) atoms. The van der Waals surface area contributed by atoms with Gasteiger partial charge in [0, 0.05) is 12.6 Å². The number of nitrogens with zero attached hydrogens (tertiary/aromatic N) is 3. The molecular weight excluding hydrogens is 316 g/mol. The SMILES string of the molecule is Cn1cnnc1-c1ccccc1NS(=O)(=O)C1CCCCC1O. The van der Waals surface area contributed by atoms with Crippen molar-refractivity contribution in [2.24, 2.45) is 7.05 Å². The second-order valence-corrected chi connectivity index (χ2v) is 7.75. The molecule has 1 heterocycles. The van der Waals surface area contributed by atoms with Gasteiger partial charge in [-0.1, -0.05) is 25.0 Å². The molecule has 0 saturated heterocycles. The molecule has 3 rings (SSSR count). The van der Waals surface area contributed by atoms with Crippen molar-refractivity contribution in [2.75, 3.05) is 4.72 Å². The van der Waals surface area contributed by atoms with Crippen molar-refractivity contribution in [2.45, 2.75) is 37.0 Å². The molecule has 2 atom stereocenters. The van der Waals surface area contributed by atoms with E-state index in [9.17, 15) is 13.5 Å². The molecule has 0 radical (unpaired) electrons. The molecule has 124 valence electrons. The molecule has 0 aliphatic heterocycles. The smallest absolute Gasteiger partial charge is 0.238 e. The highest BCUT2D eigenvalue weighted by molar-refractivity contribution is 7.93. The van der Waals surface area contributed by atoms with Crippen LogP contribution in [0.25, 0.3) is 11.4 Å². The molecule has 0 bridgehead atoms. The molecule has 7 nitrogen and oxygen atoms in total. The zero-order valence-corrected chi connectivity index (χ0v) is 13.7. The van der Waals surface area contributed by atoms with Crippen LogP contribution in [0.15, 0.2) is 30.6 Å². The summed E-state index contributed by atoms with van der Waals surface area (Å²) in [6.45, 7) is 0. The minimum absolute atomic E-state index is 0.446. The van der Waals surface area contributed by atoms with Gasteiger partial charge in [0.05, 0.1) is 11.8 Å². The number of sulfonamides is 1. The highest BCUT2D eigenvalue weighted by atomic mass is 32.2. The predicted octanol–water partition coefficient (Wildman–Crippen LogP) is 1.53. The molecule has 2 unspecified atom stereocenters. The van der Waals surface area contributed by atoms with Gasteiger partial charge in [-0.3, -0.25) is 4.72 Å². The average Bonchev–Trinajstić information content (AvgIpc) is 2.94. The molecule has 1 fully saturated rings. The minimum Gasteiger partial charge on any atom is -0.392 e. The van der Waals surface area contributed by atoms with Crippen LogP contribution in [0.1, 0.15) is 25.7 Å². The first kappa shape index (κ1) is 15.9. The van der Waals surface area contributed by atoms with Gasteiger partial charge in [0.1, 0.15) is 11.6 Å². The fraction of sp³-hybridized carbons (Fsp3) is 0.467. The van der Waals surface area contributed by atoms with E-state index in [1.807, 2.05) is 6.07 Å². The van der Waals surface area contributed by atoms with Gasteiger partial charge in [0.15, 0.2) is 5.82 Å². The van der Waals surface area contributed by atoms with Crippen LogP contribution in [-0.2, 0) is 17.1 Å². The minimum atomic E-state index is -3.67. The summed E-state index contributed by atoms with van der Waals surface area (Å²) in [5, 5.41) is 17.1. The first-order valence-corrected chi connectivity index (χ1v) is 9.17. The van der Waals surface area contributed by atoms with Crippen LogP contribution in [0, 0.1) is 0 Å². The Morgan fingerprint density at radius 3 is 2.70 bits per heavy atom. The van der Waals surface area contributed by atoms with Crippen LogP contribution < -0.4 is 4.72 Å². The van der Waals surface area contributed by atoms with E-state index < -0.39 is 21.4 Å². The molecule has 2 aromatic rings. The monoisotopic (exact) mass is 336 g/mol. The Morgan fingerprint density at radius 2 is 2.00 bits per heavy atom. The number of aryl methyl sites for hydroxylation is 1. The lowest BCUT2D eigenvalue weighted by Crippen LogP contribution is -2.40. The van der Waals surface area contributed by atoms with E-state index in [0.717, 1.165) is 12.8 Å². The number of hydrogen-bond acceptors (Lipinski definition) is 5. The topological polar surface area (TPSA) is 97.1 Å². The van der Waals surface area contributed by atoms with E-state index in [-0.39, 0.29) is 0 Å². The summed E-state index contributed by atoms with van der Waals surface area (Å²) in [7, 11) is -1.87. The number of para-hydroxylation sites is 1. The summed E-state index contributed by atoms with van der Waals surface area (Å²) in [5.41, 5.74) is 1.10. The average molecular weight is 336 g/mol. The third kappa shape index (κ3) is 3.23. The van der Waals surface area contributed by atoms with Crippen LogP contribution in [0.2, 0.25) is 0 Å². The summed E-state index contributed by atoms with van der Waals surface area (Å²) < 4.78 is 29.7. The van der Waals surface area contributed by atoms with E-state index in [2.05, 4.69) is 14.9 Å². The largest absolute Gasteiger partial charge is 0.392 e. The van der Waals surface area contributed by atoms with Crippen LogP contribution >= 0.6 is 0 Å². The zero-order valence-electron chi connectivity index (χ0n) is 12.9. The molecule has 2 N–H and O–H groups in total. The van der Waals surface area contributed by atoms with Crippen molar-refractivity contribution in [3.05, 3.63) is 30.6 Å². The van der Waals surface area contributed by atoms with Gasteiger partial charge in [0.25, 0.3) is 0 Å². The van der Waals surface area contributed by atoms with E-state index in [1.54, 1.807) is 36.1 Å². The first-order chi connectivity index (χ1) is 11.0. The summed E-state index contributed by atoms with van der Waals surface area (Å²) in [5.74, 6) is 0.576. The lowest BCUT2D eigenvalue weighted by Gasteiger charge is -2.27. The Bertz CT molecular complexity index is 788. The molecule has 1 aromatic carbocycles. The lowest BCUT2D eigenvalue weighted by atomic mass is 9.97. The molecule has 0 amide bonds. The zero-order chi connectivity index (χ0) is 16.4. The van der Waals surface area contributed by atoms with Gasteiger partial charge >= 0.3 is 0 Å². The summed E-state index contributed by atoms with van der Waals surface area (Å²) >= 11 is 0. The number of benzene rings is 1. The summed E-state index contributed by atoms with van der Waals surface area (Å²) in [4.78, 5) is 0. The number of nitrogens with one attached hydrogen (secondary N) is 1. The Morgan fingerprint density at radius 1 is 1.26 bits per heavy atom. The van der Waals surface area contributed by atoms with Gasteiger partial charge < -0.3 is 9.67 Å². The fourth-order valence-electron chi connectivity index (χ4n) is 2.96. The van der Waals surface area contributed by atoms with Crippen LogP contribution in [0.4, 0.5) is 5.69 Å². The number of anilines is 1. The Balaban J connectivity index is 1.93. The number of aromatic nitrogens is 3. The van der Waals surface area contributed by atoms with Crippen LogP contribution in [0.3, 0.4) is 0 Å². The van der Waals surface area contributed by atoms with E-state index >= 15 is 0 Å². The number of aliphatic hydroxyl groups is 1. The number of rotatable bonds is 4. The standard InChI is InChI=1S/C15H20N4O3S/c1-19-10-16-17-15(19)11-6-2-3-7-12(11)18-23(21,22)14-9-5-4-8-13(14)20/h2-3,6-7,10,13-14,18,20H,4-5,8-9H2,1H3. The van der Waals surface area contributed by atoms with Gasteiger partial charge in [-0.25, -0.2) is 8.42 Å². The second kappa shape index (κ2) is 6.29. The first-order valence-electron chi connectivity index (χ1n) is 7.62. The summed E-state index contributed by atoms with van der Waals surface area (Å²) in [6, 6.07) is 7.06. The van der Waals surface area contributed by atoms with Gasteiger partial charge in [-0.05, 0) is 25.0 Å². The predicted molar refractivity (Wildman–Crippen MR) is 87.2 cm³/mol. The molecule has 1 aliphatic carbocycles. The maximum absolute atomic E-state index is 12.7. The highest BCUT2D eigenvalue weighted by Gasteiger charge is 2.34. The van der Waals surface area contributed by atoms with Gasteiger partial charge in [0.2, 0.25) is 10.0 Å². The summed E-state index contributed by atoms with van der Waals surface area (Å²) in [6.07, 6.45) is 3.42. The molecule has 1 aliphatic rings. The van der Waals surface area contributed by atoms with Gasteiger partial charge in [-0.2, -0.15) is 0 Å². The lowest BCUT2D eigenvalue weighted by molar-refractivity contribution is 0.133. The quantitative estimate of drug-likeness (QED) is 0.882. The van der Waals surface area contributed by atoms with Crippen LogP contribution in [-0.4, -0.2) is 39.6 Å².